The number of carbonyl (C=O) groups is 2. The minimum Gasteiger partial charge on any atom is -0.354 e. The predicted molar refractivity (Wildman–Crippen MR) is 129 cm³/mol. The number of hydrogen-bond donors (Lipinski definition) is 2. The van der Waals surface area contributed by atoms with Crippen molar-refractivity contribution in [2.24, 2.45) is 17.6 Å². The highest BCUT2D eigenvalue weighted by atomic mass is 16.2. The molecule has 3 aliphatic rings. The highest BCUT2D eigenvalue weighted by Crippen LogP contribution is 2.59. The molecule has 0 radical (unpaired) electrons. The van der Waals surface area contributed by atoms with E-state index in [1.807, 2.05) is 41.3 Å². The molecule has 2 saturated carbocycles. The summed E-state index contributed by atoms with van der Waals surface area (Å²) < 4.78 is 0. The third kappa shape index (κ3) is 4.31. The quantitative estimate of drug-likeness (QED) is 0.713. The molecule has 5 nitrogen and oxygen atoms in total. The van der Waals surface area contributed by atoms with E-state index in [1.165, 1.54) is 11.1 Å². The molecule has 1 aliphatic heterocycles. The van der Waals surface area contributed by atoms with Crippen LogP contribution in [0.1, 0.15) is 56.1 Å². The maximum absolute atomic E-state index is 13.8. The van der Waals surface area contributed by atoms with Gasteiger partial charge in [-0.15, -0.1) is 0 Å². The van der Waals surface area contributed by atoms with Crippen LogP contribution in [-0.2, 0) is 15.0 Å². The molecule has 174 valence electrons. The molecule has 1 saturated heterocycles. The van der Waals surface area contributed by atoms with Crippen LogP contribution in [0.15, 0.2) is 60.7 Å². The summed E-state index contributed by atoms with van der Waals surface area (Å²) in [6.45, 7) is 1.37. The van der Waals surface area contributed by atoms with Crippen molar-refractivity contribution < 1.29 is 9.59 Å². The van der Waals surface area contributed by atoms with Gasteiger partial charge in [-0.1, -0.05) is 60.7 Å². The maximum Gasteiger partial charge on any atom is 0.242 e. The summed E-state index contributed by atoms with van der Waals surface area (Å²) in [6, 6.07) is 20.7. The highest BCUT2D eigenvalue weighted by molar-refractivity contribution is 5.92. The lowest BCUT2D eigenvalue weighted by molar-refractivity contribution is -0.139. The van der Waals surface area contributed by atoms with Crippen molar-refractivity contribution in [3.05, 3.63) is 71.8 Å². The van der Waals surface area contributed by atoms with Crippen molar-refractivity contribution in [1.29, 1.82) is 0 Å². The van der Waals surface area contributed by atoms with E-state index in [0.29, 0.717) is 25.0 Å². The summed E-state index contributed by atoms with van der Waals surface area (Å²) in [4.78, 5) is 28.7. The van der Waals surface area contributed by atoms with Gasteiger partial charge in [0.05, 0.1) is 5.92 Å². The van der Waals surface area contributed by atoms with Gasteiger partial charge < -0.3 is 16.0 Å². The second kappa shape index (κ2) is 9.30. The van der Waals surface area contributed by atoms with Crippen molar-refractivity contribution in [2.45, 2.75) is 62.4 Å². The zero-order valence-electron chi connectivity index (χ0n) is 19.3. The Bertz CT molecular complexity index is 930. The van der Waals surface area contributed by atoms with Crippen LogP contribution in [0.2, 0.25) is 0 Å². The van der Waals surface area contributed by atoms with Gasteiger partial charge in [-0.3, -0.25) is 9.59 Å². The number of nitrogens with zero attached hydrogens (tertiary/aromatic N) is 1. The SMILES string of the molecule is NC1CCC(CNC(=O)[C@@H]2CCCN2C(=O)[C@@H]2CC2(c2ccccc2)c2ccccc2)CC1. The van der Waals surface area contributed by atoms with Gasteiger partial charge in [0.2, 0.25) is 11.8 Å². The molecule has 2 atom stereocenters. The van der Waals surface area contributed by atoms with Crippen molar-refractivity contribution in [3.63, 3.8) is 0 Å². The maximum atomic E-state index is 13.8. The Morgan fingerprint density at radius 2 is 1.52 bits per heavy atom. The van der Waals surface area contributed by atoms with E-state index in [-0.39, 0.29) is 29.2 Å². The van der Waals surface area contributed by atoms with Crippen molar-refractivity contribution in [2.75, 3.05) is 13.1 Å². The average molecular weight is 446 g/mol. The molecular weight excluding hydrogens is 410 g/mol. The second-order valence-corrected chi connectivity index (χ2v) is 10.2. The smallest absolute Gasteiger partial charge is 0.242 e. The molecule has 0 spiro atoms. The number of carbonyl (C=O) groups excluding carboxylic acids is 2. The lowest BCUT2D eigenvalue weighted by Crippen LogP contribution is -2.48. The molecule has 0 unspecified atom stereocenters. The molecule has 0 aromatic heterocycles. The summed E-state index contributed by atoms with van der Waals surface area (Å²) in [5.74, 6) is 0.535. The normalized spacial score (nSPS) is 28.3. The molecule has 5 heteroatoms. The highest BCUT2D eigenvalue weighted by Gasteiger charge is 2.61. The Balaban J connectivity index is 1.29. The molecule has 2 aliphatic carbocycles. The number of benzene rings is 2. The Hall–Kier alpha value is -2.66. The Kier molecular flexibility index (Phi) is 6.24. The summed E-state index contributed by atoms with van der Waals surface area (Å²) in [6.07, 6.45) is 6.67. The molecule has 2 amide bonds. The van der Waals surface area contributed by atoms with Crippen LogP contribution in [0.3, 0.4) is 0 Å². The molecular formula is C28H35N3O2. The van der Waals surface area contributed by atoms with E-state index in [9.17, 15) is 9.59 Å². The first kappa shape index (κ1) is 22.1. The van der Waals surface area contributed by atoms with Crippen LogP contribution in [0, 0.1) is 11.8 Å². The Labute approximate surface area is 196 Å². The second-order valence-electron chi connectivity index (χ2n) is 10.2. The standard InChI is InChI=1S/C28H35N3O2/c29-23-15-13-20(14-16-23)19-30-26(32)25-12-7-17-31(25)27(33)24-18-28(24,21-8-3-1-4-9-21)22-10-5-2-6-11-22/h1-6,8-11,20,23-25H,7,12-19,29H2,(H,30,32)/t20?,23?,24-,25-/m0/s1. The number of likely N-dealkylation sites (tertiary alicyclic amines) is 1. The Morgan fingerprint density at radius 1 is 0.909 bits per heavy atom. The van der Waals surface area contributed by atoms with E-state index in [2.05, 4.69) is 29.6 Å². The van der Waals surface area contributed by atoms with Gasteiger partial charge in [0, 0.05) is 24.5 Å². The fraction of sp³-hybridized carbons (Fsp3) is 0.500. The molecule has 3 fully saturated rings. The topological polar surface area (TPSA) is 75.4 Å². The summed E-state index contributed by atoms with van der Waals surface area (Å²) >= 11 is 0. The van der Waals surface area contributed by atoms with Gasteiger partial charge in [-0.2, -0.15) is 0 Å². The summed E-state index contributed by atoms with van der Waals surface area (Å²) in [5, 5.41) is 3.16. The fourth-order valence-electron chi connectivity index (χ4n) is 6.10. The molecule has 2 aromatic rings. The lowest BCUT2D eigenvalue weighted by Gasteiger charge is -2.29. The molecule has 0 bridgehead atoms. The van der Waals surface area contributed by atoms with Crippen LogP contribution < -0.4 is 11.1 Å². The van der Waals surface area contributed by atoms with Crippen LogP contribution in [0.5, 0.6) is 0 Å². The minimum absolute atomic E-state index is 0.0152. The number of nitrogens with one attached hydrogen (secondary N) is 1. The zero-order valence-corrected chi connectivity index (χ0v) is 19.3. The molecule has 5 rings (SSSR count). The number of amides is 2. The third-order valence-electron chi connectivity index (χ3n) is 8.13. The number of rotatable bonds is 6. The molecule has 1 heterocycles. The Morgan fingerprint density at radius 3 is 2.12 bits per heavy atom. The van der Waals surface area contributed by atoms with Crippen LogP contribution in [0.25, 0.3) is 0 Å². The van der Waals surface area contributed by atoms with Gasteiger partial charge in [0.25, 0.3) is 0 Å². The lowest BCUT2D eigenvalue weighted by atomic mass is 9.85. The first-order chi connectivity index (χ1) is 16.1. The van der Waals surface area contributed by atoms with E-state index in [1.54, 1.807) is 0 Å². The number of hydrogen-bond acceptors (Lipinski definition) is 3. The van der Waals surface area contributed by atoms with Crippen molar-refractivity contribution in [1.82, 2.24) is 10.2 Å². The first-order valence-electron chi connectivity index (χ1n) is 12.5. The van der Waals surface area contributed by atoms with Crippen LogP contribution in [0.4, 0.5) is 0 Å². The van der Waals surface area contributed by atoms with Crippen molar-refractivity contribution >= 4 is 11.8 Å². The molecule has 3 N–H and O–H groups in total. The largest absolute Gasteiger partial charge is 0.354 e. The van der Waals surface area contributed by atoms with Gasteiger partial charge in [0.1, 0.15) is 6.04 Å². The zero-order chi connectivity index (χ0) is 22.8. The van der Waals surface area contributed by atoms with E-state index in [4.69, 9.17) is 5.73 Å². The van der Waals surface area contributed by atoms with Crippen molar-refractivity contribution in [3.8, 4) is 0 Å². The van der Waals surface area contributed by atoms with Crippen LogP contribution >= 0.6 is 0 Å². The van der Waals surface area contributed by atoms with Gasteiger partial charge >= 0.3 is 0 Å². The van der Waals surface area contributed by atoms with E-state index >= 15 is 0 Å². The molecule has 33 heavy (non-hydrogen) atoms. The summed E-state index contributed by atoms with van der Waals surface area (Å²) in [5.41, 5.74) is 8.10. The monoisotopic (exact) mass is 445 g/mol. The average Bonchev–Trinajstić information content (AvgIpc) is 3.44. The third-order valence-corrected chi connectivity index (χ3v) is 8.13. The molecule has 2 aromatic carbocycles. The van der Waals surface area contributed by atoms with E-state index in [0.717, 1.165) is 44.9 Å². The fourth-order valence-corrected chi connectivity index (χ4v) is 6.10. The van der Waals surface area contributed by atoms with Gasteiger partial charge in [-0.05, 0) is 62.0 Å². The first-order valence-corrected chi connectivity index (χ1v) is 12.5. The van der Waals surface area contributed by atoms with Gasteiger partial charge in [0.15, 0.2) is 0 Å². The van der Waals surface area contributed by atoms with E-state index < -0.39 is 0 Å². The minimum atomic E-state index is -0.340. The van der Waals surface area contributed by atoms with Gasteiger partial charge in [-0.25, -0.2) is 0 Å². The summed E-state index contributed by atoms with van der Waals surface area (Å²) in [7, 11) is 0. The van der Waals surface area contributed by atoms with Crippen LogP contribution in [-0.4, -0.2) is 41.9 Å². The number of nitrogens with two attached hydrogens (primary N) is 1. The predicted octanol–water partition coefficient (Wildman–Crippen LogP) is 3.62.